The van der Waals surface area contributed by atoms with E-state index in [0.29, 0.717) is 0 Å². The van der Waals surface area contributed by atoms with Crippen LogP contribution in [0.2, 0.25) is 0 Å². The first-order chi connectivity index (χ1) is 9.66. The molecule has 0 spiro atoms. The van der Waals surface area contributed by atoms with Gasteiger partial charge in [-0.2, -0.15) is 5.10 Å². The van der Waals surface area contributed by atoms with Crippen molar-refractivity contribution in [3.8, 4) is 0 Å². The van der Waals surface area contributed by atoms with Gasteiger partial charge in [0.1, 0.15) is 0 Å². The summed E-state index contributed by atoms with van der Waals surface area (Å²) in [4.78, 5) is 0. The summed E-state index contributed by atoms with van der Waals surface area (Å²) in [5.74, 6) is 0. The largest absolute Gasteiger partial charge is 0.377 e. The molecular formula is C16H23N3O. The van der Waals surface area contributed by atoms with Crippen LogP contribution in [0, 0.1) is 0 Å². The van der Waals surface area contributed by atoms with E-state index >= 15 is 0 Å². The molecule has 0 aliphatic heterocycles. The van der Waals surface area contributed by atoms with Gasteiger partial charge in [0.25, 0.3) is 0 Å². The lowest BCUT2D eigenvalue weighted by Crippen LogP contribution is -2.48. The summed E-state index contributed by atoms with van der Waals surface area (Å²) in [5, 5.41) is 5.85. The topological polar surface area (TPSA) is 53.1 Å². The number of aryl methyl sites for hydroxylation is 1. The predicted octanol–water partition coefficient (Wildman–Crippen LogP) is 2.40. The molecule has 2 N–H and O–H groups in total. The number of para-hydroxylation sites is 1. The number of ether oxygens (including phenoxy) is 1. The highest BCUT2D eigenvalue weighted by Crippen LogP contribution is 2.36. The van der Waals surface area contributed by atoms with Crippen LogP contribution in [0.3, 0.4) is 0 Å². The molecular weight excluding hydrogens is 250 g/mol. The Morgan fingerprint density at radius 2 is 2.05 bits per heavy atom. The molecule has 4 heteroatoms. The molecule has 108 valence electrons. The van der Waals surface area contributed by atoms with E-state index in [1.807, 2.05) is 17.8 Å². The highest BCUT2D eigenvalue weighted by molar-refractivity contribution is 5.81. The maximum Gasteiger partial charge on any atom is 0.0832 e. The fourth-order valence-electron chi connectivity index (χ4n) is 3.53. The van der Waals surface area contributed by atoms with Gasteiger partial charge in [0.15, 0.2) is 0 Å². The molecule has 3 rings (SSSR count). The summed E-state index contributed by atoms with van der Waals surface area (Å²) in [5.41, 5.74) is 8.57. The van der Waals surface area contributed by atoms with E-state index in [-0.39, 0.29) is 11.6 Å². The molecule has 20 heavy (non-hydrogen) atoms. The fraction of sp³-hybridized carbons (Fsp3) is 0.562. The molecule has 1 aromatic carbocycles. The van der Waals surface area contributed by atoms with Crippen LogP contribution in [-0.4, -0.2) is 28.5 Å². The molecule has 1 atom stereocenters. The van der Waals surface area contributed by atoms with E-state index < -0.39 is 0 Å². The SMILES string of the molecule is COC1(C(N)Cc2nn(C)c3ccccc23)CCCC1. The van der Waals surface area contributed by atoms with Crippen LogP contribution in [0.25, 0.3) is 10.9 Å². The van der Waals surface area contributed by atoms with Gasteiger partial charge in [-0.1, -0.05) is 31.0 Å². The van der Waals surface area contributed by atoms with Gasteiger partial charge in [0.05, 0.1) is 16.8 Å². The number of hydrogen-bond donors (Lipinski definition) is 1. The van der Waals surface area contributed by atoms with Crippen molar-refractivity contribution < 1.29 is 4.74 Å². The molecule has 1 unspecified atom stereocenters. The van der Waals surface area contributed by atoms with E-state index in [4.69, 9.17) is 10.5 Å². The third-order valence-electron chi connectivity index (χ3n) is 4.78. The zero-order valence-corrected chi connectivity index (χ0v) is 12.3. The van der Waals surface area contributed by atoms with Gasteiger partial charge in [-0.05, 0) is 18.9 Å². The highest BCUT2D eigenvalue weighted by Gasteiger charge is 2.40. The quantitative estimate of drug-likeness (QED) is 0.930. The van der Waals surface area contributed by atoms with Gasteiger partial charge >= 0.3 is 0 Å². The van der Waals surface area contributed by atoms with E-state index in [1.165, 1.54) is 18.2 Å². The van der Waals surface area contributed by atoms with Crippen molar-refractivity contribution in [1.82, 2.24) is 9.78 Å². The number of hydrogen-bond acceptors (Lipinski definition) is 3. The molecule has 0 radical (unpaired) electrons. The molecule has 1 aromatic heterocycles. The Labute approximate surface area is 119 Å². The standard InChI is InChI=1S/C16H23N3O/c1-19-14-8-4-3-7-12(14)13(18-19)11-15(17)16(20-2)9-5-6-10-16/h3-4,7-8,15H,5-6,9-11,17H2,1-2H3. The normalized spacial score (nSPS) is 19.6. The van der Waals surface area contributed by atoms with Crippen LogP contribution in [-0.2, 0) is 18.2 Å². The van der Waals surface area contributed by atoms with Crippen LogP contribution in [0.1, 0.15) is 31.4 Å². The van der Waals surface area contributed by atoms with Gasteiger partial charge in [-0.15, -0.1) is 0 Å². The summed E-state index contributed by atoms with van der Waals surface area (Å²) in [6, 6.07) is 8.33. The van der Waals surface area contributed by atoms with Crippen LogP contribution < -0.4 is 5.73 Å². The number of nitrogens with two attached hydrogens (primary N) is 1. The number of rotatable bonds is 4. The lowest BCUT2D eigenvalue weighted by atomic mass is 9.89. The van der Waals surface area contributed by atoms with Crippen LogP contribution in [0.4, 0.5) is 0 Å². The minimum absolute atomic E-state index is 0.00769. The van der Waals surface area contributed by atoms with E-state index in [0.717, 1.165) is 30.5 Å². The Bertz CT molecular complexity index is 599. The second-order valence-corrected chi connectivity index (χ2v) is 5.87. The third-order valence-corrected chi connectivity index (χ3v) is 4.78. The summed E-state index contributed by atoms with van der Waals surface area (Å²) >= 11 is 0. The molecule has 1 saturated carbocycles. The zero-order valence-electron chi connectivity index (χ0n) is 12.3. The summed E-state index contributed by atoms with van der Waals surface area (Å²) in [6.07, 6.45) is 5.33. The average Bonchev–Trinajstić information content (AvgIpc) is 3.06. The number of nitrogens with zero attached hydrogens (tertiary/aromatic N) is 2. The zero-order chi connectivity index (χ0) is 14.2. The molecule has 1 heterocycles. The van der Waals surface area contributed by atoms with Crippen molar-refractivity contribution in [2.24, 2.45) is 12.8 Å². The molecule has 1 aliphatic rings. The minimum atomic E-state index is -0.154. The summed E-state index contributed by atoms with van der Waals surface area (Å²) in [6.45, 7) is 0. The first kappa shape index (κ1) is 13.6. The first-order valence-corrected chi connectivity index (χ1v) is 7.38. The van der Waals surface area contributed by atoms with Crippen molar-refractivity contribution in [3.63, 3.8) is 0 Å². The van der Waals surface area contributed by atoms with Crippen molar-refractivity contribution in [1.29, 1.82) is 0 Å². The van der Waals surface area contributed by atoms with Gasteiger partial charge in [0, 0.05) is 32.0 Å². The van der Waals surface area contributed by atoms with E-state index in [1.54, 1.807) is 7.11 Å². The minimum Gasteiger partial charge on any atom is -0.377 e. The second-order valence-electron chi connectivity index (χ2n) is 5.87. The Morgan fingerprint density at radius 1 is 1.35 bits per heavy atom. The Kier molecular flexibility index (Phi) is 3.52. The van der Waals surface area contributed by atoms with Crippen molar-refractivity contribution >= 4 is 10.9 Å². The van der Waals surface area contributed by atoms with E-state index in [2.05, 4.69) is 23.3 Å². The summed E-state index contributed by atoms with van der Waals surface area (Å²) < 4.78 is 7.73. The molecule has 1 aliphatic carbocycles. The van der Waals surface area contributed by atoms with Crippen molar-refractivity contribution in [2.45, 2.75) is 43.7 Å². The molecule has 0 saturated heterocycles. The first-order valence-electron chi connectivity index (χ1n) is 7.38. The van der Waals surface area contributed by atoms with Crippen LogP contribution >= 0.6 is 0 Å². The number of methoxy groups -OCH3 is 1. The Morgan fingerprint density at radius 3 is 2.75 bits per heavy atom. The second kappa shape index (κ2) is 5.19. The molecule has 0 amide bonds. The van der Waals surface area contributed by atoms with Gasteiger partial charge in [-0.25, -0.2) is 0 Å². The monoisotopic (exact) mass is 273 g/mol. The molecule has 1 fully saturated rings. The number of benzene rings is 1. The van der Waals surface area contributed by atoms with Crippen LogP contribution in [0.5, 0.6) is 0 Å². The molecule has 2 aromatic rings. The third kappa shape index (κ3) is 2.13. The average molecular weight is 273 g/mol. The lowest BCUT2D eigenvalue weighted by molar-refractivity contribution is -0.0255. The highest BCUT2D eigenvalue weighted by atomic mass is 16.5. The molecule has 4 nitrogen and oxygen atoms in total. The predicted molar refractivity (Wildman–Crippen MR) is 80.6 cm³/mol. The smallest absolute Gasteiger partial charge is 0.0832 e. The summed E-state index contributed by atoms with van der Waals surface area (Å²) in [7, 11) is 3.78. The Balaban J connectivity index is 1.89. The lowest BCUT2D eigenvalue weighted by Gasteiger charge is -2.33. The van der Waals surface area contributed by atoms with Gasteiger partial charge in [0.2, 0.25) is 0 Å². The number of fused-ring (bicyclic) bond motifs is 1. The van der Waals surface area contributed by atoms with Crippen molar-refractivity contribution in [3.05, 3.63) is 30.0 Å². The molecule has 0 bridgehead atoms. The Hall–Kier alpha value is -1.39. The van der Waals surface area contributed by atoms with Crippen molar-refractivity contribution in [2.75, 3.05) is 7.11 Å². The maximum atomic E-state index is 6.48. The van der Waals surface area contributed by atoms with E-state index in [9.17, 15) is 0 Å². The fourth-order valence-corrected chi connectivity index (χ4v) is 3.53. The van der Waals surface area contributed by atoms with Crippen LogP contribution in [0.15, 0.2) is 24.3 Å². The maximum absolute atomic E-state index is 6.48. The van der Waals surface area contributed by atoms with Gasteiger partial charge < -0.3 is 10.5 Å². The number of aromatic nitrogens is 2. The van der Waals surface area contributed by atoms with Gasteiger partial charge in [-0.3, -0.25) is 4.68 Å².